The summed E-state index contributed by atoms with van der Waals surface area (Å²) in [7, 11) is 2.92. The minimum atomic E-state index is -4.42. The highest BCUT2D eigenvalue weighted by Crippen LogP contribution is 2.39. The van der Waals surface area contributed by atoms with Crippen LogP contribution in [0.4, 0.5) is 13.2 Å². The molecule has 0 radical (unpaired) electrons. The first-order valence-electron chi connectivity index (χ1n) is 9.03. The van der Waals surface area contributed by atoms with Crippen molar-refractivity contribution in [2.75, 3.05) is 20.8 Å². The lowest BCUT2D eigenvalue weighted by Gasteiger charge is -2.21. The first kappa shape index (κ1) is 22.2. The fourth-order valence-corrected chi connectivity index (χ4v) is 3.14. The molecule has 0 saturated carbocycles. The number of aliphatic hydroxyl groups is 1. The normalized spacial score (nSPS) is 14.0. The quantitative estimate of drug-likeness (QED) is 0.642. The van der Waals surface area contributed by atoms with E-state index in [0.29, 0.717) is 29.0 Å². The molecule has 0 aliphatic carbocycles. The minimum Gasteiger partial charge on any atom is -0.496 e. The van der Waals surface area contributed by atoms with Crippen molar-refractivity contribution in [3.63, 3.8) is 0 Å². The molecule has 2 aromatic rings. The van der Waals surface area contributed by atoms with Crippen LogP contribution in [-0.4, -0.2) is 32.2 Å². The zero-order valence-electron chi connectivity index (χ0n) is 16.4. The topological polar surface area (TPSA) is 50.7 Å². The van der Waals surface area contributed by atoms with Gasteiger partial charge in [-0.2, -0.15) is 13.2 Å². The Kier molecular flexibility index (Phi) is 7.46. The molecule has 0 amide bonds. The van der Waals surface area contributed by atoms with Crippen LogP contribution in [0.25, 0.3) is 11.1 Å². The molecule has 7 heteroatoms. The van der Waals surface area contributed by atoms with Gasteiger partial charge in [-0.1, -0.05) is 19.1 Å². The molecule has 4 nitrogen and oxygen atoms in total. The van der Waals surface area contributed by atoms with Crippen molar-refractivity contribution >= 4 is 0 Å². The molecule has 0 aromatic heterocycles. The summed E-state index contributed by atoms with van der Waals surface area (Å²) >= 11 is 0. The molecule has 154 valence electrons. The Labute approximate surface area is 163 Å². The molecule has 0 aliphatic rings. The SMILES string of the molecule is CCNC(C)c1cc(C(F)(F)F)ccc1-c1cc(CC(O)OC)ccc1OC. The van der Waals surface area contributed by atoms with E-state index >= 15 is 0 Å². The predicted molar refractivity (Wildman–Crippen MR) is 102 cm³/mol. The first-order valence-corrected chi connectivity index (χ1v) is 9.03. The Bertz CT molecular complexity index is 793. The zero-order chi connectivity index (χ0) is 20.9. The lowest BCUT2D eigenvalue weighted by atomic mass is 9.91. The molecule has 0 aliphatic heterocycles. The molecule has 2 atom stereocenters. The van der Waals surface area contributed by atoms with E-state index in [1.807, 2.05) is 19.9 Å². The van der Waals surface area contributed by atoms with Crippen LogP contribution in [0, 0.1) is 0 Å². The van der Waals surface area contributed by atoms with Crippen molar-refractivity contribution < 1.29 is 27.8 Å². The lowest BCUT2D eigenvalue weighted by Crippen LogP contribution is -2.19. The summed E-state index contributed by atoms with van der Waals surface area (Å²) in [6.07, 6.45) is -5.13. The number of alkyl halides is 3. The van der Waals surface area contributed by atoms with Gasteiger partial charge in [-0.05, 0) is 54.4 Å². The third-order valence-electron chi connectivity index (χ3n) is 4.59. The van der Waals surface area contributed by atoms with Crippen molar-refractivity contribution in [1.82, 2.24) is 5.32 Å². The van der Waals surface area contributed by atoms with Gasteiger partial charge in [0.25, 0.3) is 0 Å². The second kappa shape index (κ2) is 9.41. The summed E-state index contributed by atoms with van der Waals surface area (Å²) in [5.41, 5.74) is 1.93. The molecule has 2 unspecified atom stereocenters. The molecule has 2 N–H and O–H groups in total. The van der Waals surface area contributed by atoms with E-state index in [0.717, 1.165) is 11.6 Å². The van der Waals surface area contributed by atoms with Crippen LogP contribution < -0.4 is 10.1 Å². The maximum absolute atomic E-state index is 13.3. The number of aliphatic hydroxyl groups excluding tert-OH is 1. The Hall–Kier alpha value is -2.09. The standard InChI is InChI=1S/C21H26F3NO3/c1-5-25-13(2)17-12-15(21(22,23)24)7-8-16(17)18-10-14(11-20(26)28-4)6-9-19(18)27-3/h6-10,12-13,20,25-26H,5,11H2,1-4H3. The van der Waals surface area contributed by atoms with Crippen molar-refractivity contribution in [1.29, 1.82) is 0 Å². The Morgan fingerprint density at radius 1 is 1.07 bits per heavy atom. The zero-order valence-corrected chi connectivity index (χ0v) is 16.4. The van der Waals surface area contributed by atoms with Gasteiger partial charge in [-0.3, -0.25) is 0 Å². The fourth-order valence-electron chi connectivity index (χ4n) is 3.14. The van der Waals surface area contributed by atoms with Crippen LogP contribution in [0.1, 0.15) is 36.6 Å². The van der Waals surface area contributed by atoms with Gasteiger partial charge in [-0.25, -0.2) is 0 Å². The molecule has 0 saturated heterocycles. The summed E-state index contributed by atoms with van der Waals surface area (Å²) in [5, 5.41) is 12.9. The largest absolute Gasteiger partial charge is 0.496 e. The molecule has 0 heterocycles. The van der Waals surface area contributed by atoms with E-state index in [9.17, 15) is 18.3 Å². The average molecular weight is 397 g/mol. The van der Waals surface area contributed by atoms with Gasteiger partial charge >= 0.3 is 6.18 Å². The van der Waals surface area contributed by atoms with Gasteiger partial charge in [0.1, 0.15) is 5.75 Å². The molecule has 0 fully saturated rings. The van der Waals surface area contributed by atoms with E-state index < -0.39 is 18.0 Å². The average Bonchev–Trinajstić information content (AvgIpc) is 2.66. The van der Waals surface area contributed by atoms with Gasteiger partial charge in [-0.15, -0.1) is 0 Å². The molecular formula is C21H26F3NO3. The van der Waals surface area contributed by atoms with Crippen LogP contribution in [0.5, 0.6) is 5.75 Å². The number of rotatable bonds is 8. The molecular weight excluding hydrogens is 371 g/mol. The second-order valence-electron chi connectivity index (χ2n) is 6.51. The highest BCUT2D eigenvalue weighted by Gasteiger charge is 2.32. The smallest absolute Gasteiger partial charge is 0.416 e. The Morgan fingerprint density at radius 3 is 2.36 bits per heavy atom. The first-order chi connectivity index (χ1) is 13.2. The van der Waals surface area contributed by atoms with Crippen molar-refractivity contribution in [3.05, 3.63) is 53.1 Å². The number of hydrogen-bond donors (Lipinski definition) is 2. The molecule has 28 heavy (non-hydrogen) atoms. The number of methoxy groups -OCH3 is 2. The van der Waals surface area contributed by atoms with Gasteiger partial charge in [0.05, 0.1) is 12.7 Å². The van der Waals surface area contributed by atoms with E-state index in [2.05, 4.69) is 5.32 Å². The van der Waals surface area contributed by atoms with Crippen LogP contribution in [0.15, 0.2) is 36.4 Å². The third kappa shape index (κ3) is 5.25. The lowest BCUT2D eigenvalue weighted by molar-refractivity contribution is -0.137. The highest BCUT2D eigenvalue weighted by molar-refractivity contribution is 5.75. The third-order valence-corrected chi connectivity index (χ3v) is 4.59. The van der Waals surface area contributed by atoms with Crippen molar-refractivity contribution in [3.8, 4) is 16.9 Å². The van der Waals surface area contributed by atoms with Crippen LogP contribution in [-0.2, 0) is 17.3 Å². The minimum absolute atomic E-state index is 0.256. The summed E-state index contributed by atoms with van der Waals surface area (Å²) in [6, 6.07) is 8.78. The van der Waals surface area contributed by atoms with Crippen LogP contribution >= 0.6 is 0 Å². The van der Waals surface area contributed by atoms with E-state index in [1.54, 1.807) is 12.1 Å². The Balaban J connectivity index is 2.62. The molecule has 2 aromatic carbocycles. The number of halogens is 3. The van der Waals surface area contributed by atoms with Gasteiger partial charge in [0.2, 0.25) is 0 Å². The summed E-state index contributed by atoms with van der Waals surface area (Å²) in [6.45, 7) is 4.35. The maximum Gasteiger partial charge on any atom is 0.416 e. The van der Waals surface area contributed by atoms with Gasteiger partial charge in [0.15, 0.2) is 6.29 Å². The van der Waals surface area contributed by atoms with E-state index in [-0.39, 0.29) is 12.5 Å². The Morgan fingerprint density at radius 2 is 1.79 bits per heavy atom. The number of hydrogen-bond acceptors (Lipinski definition) is 4. The van der Waals surface area contributed by atoms with Gasteiger partial charge < -0.3 is 19.9 Å². The summed E-state index contributed by atoms with van der Waals surface area (Å²) in [4.78, 5) is 0. The predicted octanol–water partition coefficient (Wildman–Crippen LogP) is 4.56. The van der Waals surface area contributed by atoms with Crippen molar-refractivity contribution in [2.24, 2.45) is 0 Å². The number of ether oxygens (including phenoxy) is 2. The monoisotopic (exact) mass is 397 g/mol. The summed E-state index contributed by atoms with van der Waals surface area (Å²) < 4.78 is 50.1. The molecule has 0 spiro atoms. The van der Waals surface area contributed by atoms with Crippen LogP contribution in [0.2, 0.25) is 0 Å². The number of benzene rings is 2. The summed E-state index contributed by atoms with van der Waals surface area (Å²) in [5.74, 6) is 0.542. The maximum atomic E-state index is 13.3. The second-order valence-corrected chi connectivity index (χ2v) is 6.51. The van der Waals surface area contributed by atoms with Crippen LogP contribution in [0.3, 0.4) is 0 Å². The van der Waals surface area contributed by atoms with E-state index in [4.69, 9.17) is 9.47 Å². The highest BCUT2D eigenvalue weighted by atomic mass is 19.4. The van der Waals surface area contributed by atoms with E-state index in [1.165, 1.54) is 26.4 Å². The number of nitrogens with one attached hydrogen (secondary N) is 1. The fraction of sp³-hybridized carbons (Fsp3) is 0.429. The molecule has 2 rings (SSSR count). The van der Waals surface area contributed by atoms with Crippen molar-refractivity contribution in [2.45, 2.75) is 38.8 Å². The molecule has 0 bridgehead atoms. The van der Waals surface area contributed by atoms with Gasteiger partial charge in [0, 0.05) is 25.1 Å².